The predicted molar refractivity (Wildman–Crippen MR) is 118 cm³/mol. The summed E-state index contributed by atoms with van der Waals surface area (Å²) >= 11 is 0. The highest BCUT2D eigenvalue weighted by Gasteiger charge is 2.31. The molecule has 2 N–H and O–H groups in total. The van der Waals surface area contributed by atoms with Crippen LogP contribution >= 0.6 is 0 Å². The highest BCUT2D eigenvalue weighted by molar-refractivity contribution is 5.92. The maximum Gasteiger partial charge on any atom is 0.292 e. The molecule has 2 aliphatic rings. The summed E-state index contributed by atoms with van der Waals surface area (Å²) in [6, 6.07) is 9.68. The Labute approximate surface area is 187 Å². The van der Waals surface area contributed by atoms with Crippen LogP contribution in [0, 0.1) is 12.8 Å². The van der Waals surface area contributed by atoms with E-state index in [2.05, 4.69) is 5.16 Å². The lowest BCUT2D eigenvalue weighted by Gasteiger charge is -2.31. The molecule has 0 spiro atoms. The maximum atomic E-state index is 12.8. The zero-order valence-electron chi connectivity index (χ0n) is 18.5. The van der Waals surface area contributed by atoms with Crippen LogP contribution in [0.3, 0.4) is 0 Å². The molecular formula is C24H30N4O4. The first-order valence-corrected chi connectivity index (χ1v) is 11.3. The molecule has 4 rings (SSSR count). The van der Waals surface area contributed by atoms with Gasteiger partial charge in [0.2, 0.25) is 17.6 Å². The van der Waals surface area contributed by atoms with Gasteiger partial charge in [0.15, 0.2) is 0 Å². The molecule has 2 saturated heterocycles. The third-order valence-electron chi connectivity index (χ3n) is 6.72. The van der Waals surface area contributed by atoms with Crippen LogP contribution in [0.5, 0.6) is 0 Å². The van der Waals surface area contributed by atoms with Crippen LogP contribution < -0.4 is 5.73 Å². The van der Waals surface area contributed by atoms with Crippen molar-refractivity contribution in [2.75, 3.05) is 26.2 Å². The number of likely N-dealkylation sites (tertiary alicyclic amines) is 2. The molecule has 0 aliphatic carbocycles. The van der Waals surface area contributed by atoms with Crippen LogP contribution in [0.1, 0.15) is 59.0 Å². The van der Waals surface area contributed by atoms with Crippen molar-refractivity contribution < 1.29 is 18.9 Å². The summed E-state index contributed by atoms with van der Waals surface area (Å²) in [4.78, 5) is 40.5. The third-order valence-corrected chi connectivity index (χ3v) is 6.72. The number of nitrogens with two attached hydrogens (primary N) is 1. The number of primary amides is 1. The number of hydrogen-bond donors (Lipinski definition) is 1. The van der Waals surface area contributed by atoms with Gasteiger partial charge in [-0.05, 0) is 43.7 Å². The van der Waals surface area contributed by atoms with Gasteiger partial charge in [0.1, 0.15) is 0 Å². The summed E-state index contributed by atoms with van der Waals surface area (Å²) in [5, 5.41) is 4.14. The lowest BCUT2D eigenvalue weighted by molar-refractivity contribution is -0.131. The summed E-state index contributed by atoms with van der Waals surface area (Å²) in [6.07, 6.45) is 3.44. The molecule has 1 aromatic carbocycles. The Hall–Kier alpha value is -3.16. The van der Waals surface area contributed by atoms with Gasteiger partial charge in [-0.15, -0.1) is 0 Å². The monoisotopic (exact) mass is 438 g/mol. The molecule has 2 fully saturated rings. The third kappa shape index (κ3) is 4.84. The van der Waals surface area contributed by atoms with Crippen LogP contribution in [-0.4, -0.2) is 58.9 Å². The Bertz CT molecular complexity index is 993. The minimum Gasteiger partial charge on any atom is -0.369 e. The standard InChI is InChI=1S/C24H30N4O4/c1-16-5-2-3-6-18(16)13-22(29)27-11-8-17(9-12-27)20-14-21(32-26-20)24(31)28-10-4-7-19(15-28)23(25)30/h2-3,5-6,14,17,19H,4,7-13,15H2,1H3,(H2,25,30). The normalized spacial score (nSPS) is 19.7. The SMILES string of the molecule is Cc1ccccc1CC(=O)N1CCC(c2cc(C(=O)N3CCCC(C(N)=O)C3)on2)CC1. The van der Waals surface area contributed by atoms with Gasteiger partial charge in [0.05, 0.1) is 18.0 Å². The van der Waals surface area contributed by atoms with Crippen LogP contribution in [0.25, 0.3) is 0 Å². The fourth-order valence-corrected chi connectivity index (χ4v) is 4.64. The molecule has 3 heterocycles. The van der Waals surface area contributed by atoms with Crippen molar-refractivity contribution >= 4 is 17.7 Å². The van der Waals surface area contributed by atoms with Gasteiger partial charge in [0.25, 0.3) is 5.91 Å². The molecule has 0 radical (unpaired) electrons. The zero-order valence-corrected chi connectivity index (χ0v) is 18.5. The Balaban J connectivity index is 1.32. The highest BCUT2D eigenvalue weighted by atomic mass is 16.5. The molecule has 0 saturated carbocycles. The van der Waals surface area contributed by atoms with Gasteiger partial charge in [-0.1, -0.05) is 29.4 Å². The quantitative estimate of drug-likeness (QED) is 0.770. The Morgan fingerprint density at radius 1 is 1.09 bits per heavy atom. The van der Waals surface area contributed by atoms with Gasteiger partial charge >= 0.3 is 0 Å². The molecular weight excluding hydrogens is 408 g/mol. The second-order valence-corrected chi connectivity index (χ2v) is 8.87. The van der Waals surface area contributed by atoms with Crippen molar-refractivity contribution in [3.05, 3.63) is 52.9 Å². The van der Waals surface area contributed by atoms with E-state index >= 15 is 0 Å². The van der Waals surface area contributed by atoms with E-state index < -0.39 is 0 Å². The number of benzene rings is 1. The minimum absolute atomic E-state index is 0.142. The average Bonchev–Trinajstić information content (AvgIpc) is 3.30. The van der Waals surface area contributed by atoms with E-state index in [-0.39, 0.29) is 35.3 Å². The summed E-state index contributed by atoms with van der Waals surface area (Å²) in [5.41, 5.74) is 8.36. The first-order chi connectivity index (χ1) is 15.4. The zero-order chi connectivity index (χ0) is 22.7. The smallest absolute Gasteiger partial charge is 0.292 e. The molecule has 8 nitrogen and oxygen atoms in total. The number of hydrogen-bond acceptors (Lipinski definition) is 5. The van der Waals surface area contributed by atoms with Crippen molar-refractivity contribution in [1.82, 2.24) is 15.0 Å². The predicted octanol–water partition coefficient (Wildman–Crippen LogP) is 2.27. The Kier molecular flexibility index (Phi) is 6.58. The van der Waals surface area contributed by atoms with E-state index in [9.17, 15) is 14.4 Å². The number of rotatable bonds is 5. The fourth-order valence-electron chi connectivity index (χ4n) is 4.64. The number of carbonyl (C=O) groups excluding carboxylic acids is 3. The summed E-state index contributed by atoms with van der Waals surface area (Å²) < 4.78 is 5.36. The lowest BCUT2D eigenvalue weighted by Crippen LogP contribution is -2.44. The number of aromatic nitrogens is 1. The summed E-state index contributed by atoms with van der Waals surface area (Å²) in [6.45, 7) is 4.26. The second-order valence-electron chi connectivity index (χ2n) is 8.87. The number of piperidine rings is 2. The topological polar surface area (TPSA) is 110 Å². The minimum atomic E-state index is -0.371. The van der Waals surface area contributed by atoms with Crippen LogP contribution in [-0.2, 0) is 16.0 Å². The number of nitrogens with zero attached hydrogens (tertiary/aromatic N) is 3. The van der Waals surface area contributed by atoms with Gasteiger partial charge in [0, 0.05) is 38.2 Å². The summed E-state index contributed by atoms with van der Waals surface area (Å²) in [7, 11) is 0. The van der Waals surface area contributed by atoms with Gasteiger partial charge in [-0.2, -0.15) is 0 Å². The second kappa shape index (κ2) is 9.54. The van der Waals surface area contributed by atoms with Crippen LogP contribution in [0.2, 0.25) is 0 Å². The number of carbonyl (C=O) groups is 3. The molecule has 1 unspecified atom stereocenters. The molecule has 8 heteroatoms. The molecule has 3 amide bonds. The van der Waals surface area contributed by atoms with Gasteiger partial charge < -0.3 is 20.1 Å². The first-order valence-electron chi connectivity index (χ1n) is 11.3. The van der Waals surface area contributed by atoms with Crippen molar-refractivity contribution in [1.29, 1.82) is 0 Å². The Morgan fingerprint density at radius 2 is 1.84 bits per heavy atom. The summed E-state index contributed by atoms with van der Waals surface area (Å²) in [5.74, 6) is -0.435. The van der Waals surface area contributed by atoms with Crippen LogP contribution in [0.15, 0.2) is 34.9 Å². The van der Waals surface area contributed by atoms with E-state index in [1.807, 2.05) is 36.1 Å². The lowest BCUT2D eigenvalue weighted by atomic mass is 9.92. The van der Waals surface area contributed by atoms with E-state index in [1.54, 1.807) is 11.0 Å². The van der Waals surface area contributed by atoms with Crippen molar-refractivity contribution in [2.24, 2.45) is 11.7 Å². The molecule has 1 atom stereocenters. The fraction of sp³-hybridized carbons (Fsp3) is 0.500. The van der Waals surface area contributed by atoms with E-state index in [0.29, 0.717) is 39.0 Å². The van der Waals surface area contributed by atoms with Crippen molar-refractivity contribution in [3.8, 4) is 0 Å². The largest absolute Gasteiger partial charge is 0.369 e. The molecule has 2 aromatic rings. The molecule has 2 aliphatic heterocycles. The molecule has 0 bridgehead atoms. The van der Waals surface area contributed by atoms with E-state index in [1.165, 1.54) is 0 Å². The van der Waals surface area contributed by atoms with Gasteiger partial charge in [-0.3, -0.25) is 14.4 Å². The van der Waals surface area contributed by atoms with Crippen molar-refractivity contribution in [2.45, 2.75) is 44.9 Å². The van der Waals surface area contributed by atoms with E-state index in [4.69, 9.17) is 10.3 Å². The van der Waals surface area contributed by atoms with Crippen LogP contribution in [0.4, 0.5) is 0 Å². The molecule has 170 valence electrons. The highest BCUT2D eigenvalue weighted by Crippen LogP contribution is 2.29. The number of amides is 3. The molecule has 1 aromatic heterocycles. The van der Waals surface area contributed by atoms with Gasteiger partial charge in [-0.25, -0.2) is 0 Å². The first kappa shape index (κ1) is 22.0. The molecule has 32 heavy (non-hydrogen) atoms. The van der Waals surface area contributed by atoms with Crippen molar-refractivity contribution in [3.63, 3.8) is 0 Å². The Morgan fingerprint density at radius 3 is 2.56 bits per heavy atom. The maximum absolute atomic E-state index is 12.8. The number of aryl methyl sites for hydroxylation is 1. The van der Waals surface area contributed by atoms with E-state index in [0.717, 1.165) is 36.1 Å². The average molecular weight is 439 g/mol.